The summed E-state index contributed by atoms with van der Waals surface area (Å²) in [7, 11) is 4.07. The van der Waals surface area contributed by atoms with Gasteiger partial charge in [0.1, 0.15) is 5.69 Å². The zero-order chi connectivity index (χ0) is 16.2. The number of hydrogen-bond acceptors (Lipinski definition) is 4. The van der Waals surface area contributed by atoms with Crippen LogP contribution in [0.15, 0.2) is 12.3 Å². The SMILES string of the molecule is CN1CCC(CN(C)C(=O)c2ccn(C3CCCNC3)n2)CC1. The molecular weight excluding hydrogens is 290 g/mol. The van der Waals surface area contributed by atoms with Crippen LogP contribution in [0.1, 0.15) is 42.2 Å². The van der Waals surface area contributed by atoms with Crippen molar-refractivity contribution in [2.24, 2.45) is 5.92 Å². The van der Waals surface area contributed by atoms with Gasteiger partial charge in [0, 0.05) is 26.3 Å². The highest BCUT2D eigenvalue weighted by atomic mass is 16.2. The summed E-state index contributed by atoms with van der Waals surface area (Å²) < 4.78 is 1.96. The fourth-order valence-corrected chi connectivity index (χ4v) is 3.63. The van der Waals surface area contributed by atoms with Gasteiger partial charge in [0.2, 0.25) is 0 Å². The molecule has 1 N–H and O–H groups in total. The van der Waals surface area contributed by atoms with Crippen LogP contribution in [0.5, 0.6) is 0 Å². The van der Waals surface area contributed by atoms with Gasteiger partial charge in [-0.1, -0.05) is 0 Å². The van der Waals surface area contributed by atoms with Crippen LogP contribution in [-0.2, 0) is 0 Å². The number of nitrogens with one attached hydrogen (secondary N) is 1. The molecule has 0 aromatic carbocycles. The summed E-state index contributed by atoms with van der Waals surface area (Å²) in [6, 6.07) is 2.24. The second-order valence-corrected chi connectivity index (χ2v) is 7.11. The zero-order valence-electron chi connectivity index (χ0n) is 14.4. The molecule has 0 aliphatic carbocycles. The minimum Gasteiger partial charge on any atom is -0.340 e. The number of carbonyl (C=O) groups excluding carboxylic acids is 1. The van der Waals surface area contributed by atoms with E-state index in [0.717, 1.165) is 39.1 Å². The number of carbonyl (C=O) groups is 1. The summed E-state index contributed by atoms with van der Waals surface area (Å²) >= 11 is 0. The van der Waals surface area contributed by atoms with E-state index in [-0.39, 0.29) is 5.91 Å². The molecule has 1 aromatic rings. The molecule has 3 rings (SSSR count). The van der Waals surface area contributed by atoms with E-state index >= 15 is 0 Å². The lowest BCUT2D eigenvalue weighted by Crippen LogP contribution is -2.38. The maximum absolute atomic E-state index is 12.6. The number of aromatic nitrogens is 2. The quantitative estimate of drug-likeness (QED) is 0.907. The lowest BCUT2D eigenvalue weighted by atomic mass is 9.96. The summed E-state index contributed by atoms with van der Waals surface area (Å²) in [5.41, 5.74) is 0.575. The number of nitrogens with zero attached hydrogens (tertiary/aromatic N) is 4. The van der Waals surface area contributed by atoms with Gasteiger partial charge in [-0.2, -0.15) is 5.10 Å². The summed E-state index contributed by atoms with van der Waals surface area (Å²) in [5, 5.41) is 7.93. The van der Waals surface area contributed by atoms with E-state index in [1.54, 1.807) is 0 Å². The van der Waals surface area contributed by atoms with Crippen molar-refractivity contribution in [2.75, 3.05) is 46.8 Å². The van der Waals surface area contributed by atoms with Crippen LogP contribution < -0.4 is 5.32 Å². The van der Waals surface area contributed by atoms with Gasteiger partial charge < -0.3 is 15.1 Å². The molecule has 128 valence electrons. The van der Waals surface area contributed by atoms with Crippen LogP contribution in [0.25, 0.3) is 0 Å². The van der Waals surface area contributed by atoms with Gasteiger partial charge in [-0.15, -0.1) is 0 Å². The Balaban J connectivity index is 1.55. The molecule has 1 amide bonds. The normalized spacial score (nSPS) is 23.8. The first-order valence-electron chi connectivity index (χ1n) is 8.83. The first-order valence-corrected chi connectivity index (χ1v) is 8.83. The highest BCUT2D eigenvalue weighted by molar-refractivity contribution is 5.92. The van der Waals surface area contributed by atoms with Crippen LogP contribution in [0.4, 0.5) is 0 Å². The molecule has 2 aliphatic rings. The first kappa shape index (κ1) is 16.5. The number of hydrogen-bond donors (Lipinski definition) is 1. The zero-order valence-corrected chi connectivity index (χ0v) is 14.4. The molecule has 2 saturated heterocycles. The molecule has 0 spiro atoms. The summed E-state index contributed by atoms with van der Waals surface area (Å²) in [5.74, 6) is 0.663. The largest absolute Gasteiger partial charge is 0.340 e. The maximum Gasteiger partial charge on any atom is 0.274 e. The third-order valence-corrected chi connectivity index (χ3v) is 5.19. The van der Waals surface area contributed by atoms with E-state index in [2.05, 4.69) is 22.4 Å². The predicted octanol–water partition coefficient (Wildman–Crippen LogP) is 1.22. The first-order chi connectivity index (χ1) is 11.1. The Morgan fingerprint density at radius 1 is 1.39 bits per heavy atom. The molecule has 2 aliphatic heterocycles. The van der Waals surface area contributed by atoms with E-state index in [1.165, 1.54) is 19.3 Å². The third-order valence-electron chi connectivity index (χ3n) is 5.19. The van der Waals surface area contributed by atoms with Crippen LogP contribution in [0.3, 0.4) is 0 Å². The second-order valence-electron chi connectivity index (χ2n) is 7.11. The molecule has 23 heavy (non-hydrogen) atoms. The average Bonchev–Trinajstić information content (AvgIpc) is 3.07. The highest BCUT2D eigenvalue weighted by Gasteiger charge is 2.23. The summed E-state index contributed by atoms with van der Waals surface area (Å²) in [6.07, 6.45) is 6.61. The van der Waals surface area contributed by atoms with Gasteiger partial charge in [-0.05, 0) is 64.3 Å². The minimum atomic E-state index is 0.0476. The summed E-state index contributed by atoms with van der Waals surface area (Å²) in [4.78, 5) is 16.8. The molecule has 1 atom stereocenters. The monoisotopic (exact) mass is 319 g/mol. The van der Waals surface area contributed by atoms with Crippen LogP contribution in [0.2, 0.25) is 0 Å². The molecule has 6 heteroatoms. The van der Waals surface area contributed by atoms with Crippen molar-refractivity contribution >= 4 is 5.91 Å². The Morgan fingerprint density at radius 2 is 2.17 bits per heavy atom. The number of piperidine rings is 2. The van der Waals surface area contributed by atoms with Gasteiger partial charge in [-0.25, -0.2) is 0 Å². The smallest absolute Gasteiger partial charge is 0.274 e. The topological polar surface area (TPSA) is 53.4 Å². The van der Waals surface area contributed by atoms with Crippen molar-refractivity contribution in [3.05, 3.63) is 18.0 Å². The fourth-order valence-electron chi connectivity index (χ4n) is 3.63. The predicted molar refractivity (Wildman–Crippen MR) is 90.5 cm³/mol. The molecule has 0 saturated carbocycles. The number of likely N-dealkylation sites (tertiary alicyclic amines) is 1. The van der Waals surface area contributed by atoms with Gasteiger partial charge in [-0.3, -0.25) is 9.48 Å². The van der Waals surface area contributed by atoms with Crippen LogP contribution >= 0.6 is 0 Å². The molecule has 0 radical (unpaired) electrons. The van der Waals surface area contributed by atoms with Gasteiger partial charge in [0.25, 0.3) is 5.91 Å². The van der Waals surface area contributed by atoms with Gasteiger partial charge in [0.05, 0.1) is 6.04 Å². The Labute approximate surface area is 138 Å². The van der Waals surface area contributed by atoms with Crippen molar-refractivity contribution in [3.8, 4) is 0 Å². The highest BCUT2D eigenvalue weighted by Crippen LogP contribution is 2.19. The van der Waals surface area contributed by atoms with Crippen molar-refractivity contribution in [3.63, 3.8) is 0 Å². The Bertz CT molecular complexity index is 515. The second kappa shape index (κ2) is 7.45. The van der Waals surface area contributed by atoms with E-state index in [1.807, 2.05) is 28.9 Å². The van der Waals surface area contributed by atoms with Crippen molar-refractivity contribution in [2.45, 2.75) is 31.7 Å². The van der Waals surface area contributed by atoms with Gasteiger partial charge >= 0.3 is 0 Å². The number of rotatable bonds is 4. The van der Waals surface area contributed by atoms with Crippen molar-refractivity contribution < 1.29 is 4.79 Å². The third kappa shape index (κ3) is 4.12. The Kier molecular flexibility index (Phi) is 5.33. The van der Waals surface area contributed by atoms with E-state index in [9.17, 15) is 4.79 Å². The standard InChI is InChI=1S/C17H29N5O/c1-20-9-5-14(6-10-20)13-21(2)17(23)16-7-11-22(19-16)15-4-3-8-18-12-15/h7,11,14-15,18H,3-6,8-10,12-13H2,1-2H3. The molecule has 2 fully saturated rings. The van der Waals surface area contributed by atoms with Crippen molar-refractivity contribution in [1.82, 2.24) is 24.9 Å². The molecule has 1 unspecified atom stereocenters. The van der Waals surface area contributed by atoms with Gasteiger partial charge in [0.15, 0.2) is 0 Å². The minimum absolute atomic E-state index is 0.0476. The van der Waals surface area contributed by atoms with E-state index in [4.69, 9.17) is 0 Å². The molecule has 1 aromatic heterocycles. The Morgan fingerprint density at radius 3 is 2.87 bits per heavy atom. The Hall–Kier alpha value is -1.40. The van der Waals surface area contributed by atoms with Crippen LogP contribution in [-0.4, -0.2) is 72.3 Å². The molecule has 6 nitrogen and oxygen atoms in total. The molecular formula is C17H29N5O. The lowest BCUT2D eigenvalue weighted by Gasteiger charge is -2.31. The van der Waals surface area contributed by atoms with Crippen LogP contribution in [0, 0.1) is 5.92 Å². The average molecular weight is 319 g/mol. The molecule has 0 bridgehead atoms. The van der Waals surface area contributed by atoms with Crippen molar-refractivity contribution in [1.29, 1.82) is 0 Å². The lowest BCUT2D eigenvalue weighted by molar-refractivity contribution is 0.0740. The fraction of sp³-hybridized carbons (Fsp3) is 0.765. The summed E-state index contributed by atoms with van der Waals surface area (Å²) in [6.45, 7) is 5.14. The van der Waals surface area contributed by atoms with E-state index < -0.39 is 0 Å². The molecule has 3 heterocycles. The number of amides is 1. The van der Waals surface area contributed by atoms with E-state index in [0.29, 0.717) is 17.7 Å². The maximum atomic E-state index is 12.6.